The number of amides is 1. The molecule has 0 aliphatic carbocycles. The fraction of sp³-hybridized carbons (Fsp3) is 0.385. The van der Waals surface area contributed by atoms with Crippen LogP contribution < -0.4 is 10.1 Å². The molecule has 0 aliphatic rings. The van der Waals surface area contributed by atoms with Gasteiger partial charge in [0.15, 0.2) is 6.04 Å². The van der Waals surface area contributed by atoms with Gasteiger partial charge in [-0.1, -0.05) is 6.07 Å². The quantitative estimate of drug-likeness (QED) is 0.738. The lowest BCUT2D eigenvalue weighted by molar-refractivity contribution is -0.143. The number of carbonyl (C=O) groups excluding carboxylic acids is 1. The number of methoxy groups -OCH3 is 1. The minimum atomic E-state index is -1.17. The average Bonchev–Trinajstić information content (AvgIpc) is 2.38. The van der Waals surface area contributed by atoms with Crippen molar-refractivity contribution in [2.45, 2.75) is 12.5 Å². The van der Waals surface area contributed by atoms with E-state index in [4.69, 9.17) is 9.84 Å². The van der Waals surface area contributed by atoms with Crippen LogP contribution in [0, 0.1) is 5.82 Å². The van der Waals surface area contributed by atoms with Gasteiger partial charge in [0.2, 0.25) is 5.91 Å². The number of hydrogen-bond donors (Lipinski definition) is 2. The zero-order chi connectivity index (χ0) is 15.0. The number of carboxylic acids is 1. The third-order valence-electron chi connectivity index (χ3n) is 2.36. The first kappa shape index (κ1) is 15.9. The second kappa shape index (κ2) is 8.11. The van der Waals surface area contributed by atoms with Crippen molar-refractivity contribution in [3.63, 3.8) is 0 Å². The Morgan fingerprint density at radius 3 is 2.80 bits per heavy atom. The molecule has 20 heavy (non-hydrogen) atoms. The Hall–Kier alpha value is -2.15. The van der Waals surface area contributed by atoms with E-state index in [0.717, 1.165) is 0 Å². The van der Waals surface area contributed by atoms with Crippen LogP contribution in [0.5, 0.6) is 5.75 Å². The largest absolute Gasteiger partial charge is 0.493 e. The molecular weight excluding hydrogens is 269 g/mol. The summed E-state index contributed by atoms with van der Waals surface area (Å²) in [7, 11) is 1.34. The van der Waals surface area contributed by atoms with Crippen molar-refractivity contribution in [1.82, 2.24) is 5.32 Å². The normalized spacial score (nSPS) is 11.7. The van der Waals surface area contributed by atoms with Gasteiger partial charge in [-0.25, -0.2) is 9.18 Å². The predicted molar refractivity (Wildman–Crippen MR) is 68.0 cm³/mol. The molecule has 1 aromatic rings. The van der Waals surface area contributed by atoms with Crippen molar-refractivity contribution in [3.8, 4) is 5.75 Å². The molecule has 0 spiro atoms. The summed E-state index contributed by atoms with van der Waals surface area (Å²) in [6.45, 7) is -0.0968. The molecule has 1 rings (SSSR count). The van der Waals surface area contributed by atoms with Crippen molar-refractivity contribution in [2.24, 2.45) is 0 Å². The molecule has 7 heteroatoms. The third kappa shape index (κ3) is 5.66. The fourth-order valence-corrected chi connectivity index (χ4v) is 1.43. The van der Waals surface area contributed by atoms with Crippen LogP contribution in [0.2, 0.25) is 0 Å². The average molecular weight is 285 g/mol. The number of nitrogens with one attached hydrogen (secondary N) is 1. The van der Waals surface area contributed by atoms with Crippen LogP contribution in [0.1, 0.15) is 6.42 Å². The fourth-order valence-electron chi connectivity index (χ4n) is 1.43. The molecule has 0 aromatic heterocycles. The van der Waals surface area contributed by atoms with Gasteiger partial charge in [-0.3, -0.25) is 4.79 Å². The summed E-state index contributed by atoms with van der Waals surface area (Å²) < 4.78 is 22.7. The van der Waals surface area contributed by atoms with E-state index in [-0.39, 0.29) is 19.6 Å². The van der Waals surface area contributed by atoms with Gasteiger partial charge in [0.05, 0.1) is 19.6 Å². The molecule has 0 radical (unpaired) electrons. The van der Waals surface area contributed by atoms with Crippen LogP contribution in [-0.4, -0.2) is 43.3 Å². The van der Waals surface area contributed by atoms with Crippen molar-refractivity contribution in [2.75, 3.05) is 20.3 Å². The van der Waals surface area contributed by atoms with E-state index in [2.05, 4.69) is 10.1 Å². The summed E-state index contributed by atoms with van der Waals surface area (Å²) >= 11 is 0. The zero-order valence-corrected chi connectivity index (χ0v) is 11.0. The highest BCUT2D eigenvalue weighted by Crippen LogP contribution is 2.11. The Bertz CT molecular complexity index is 466. The lowest BCUT2D eigenvalue weighted by atomic mass is 10.3. The number of hydrogen-bond acceptors (Lipinski definition) is 4. The number of ether oxygens (including phenoxy) is 2. The minimum Gasteiger partial charge on any atom is -0.493 e. The van der Waals surface area contributed by atoms with Crippen LogP contribution >= 0.6 is 0 Å². The van der Waals surface area contributed by atoms with Crippen molar-refractivity contribution >= 4 is 11.9 Å². The Morgan fingerprint density at radius 1 is 1.45 bits per heavy atom. The third-order valence-corrected chi connectivity index (χ3v) is 2.36. The molecule has 6 nitrogen and oxygen atoms in total. The number of rotatable bonds is 8. The van der Waals surface area contributed by atoms with Crippen LogP contribution in [0.3, 0.4) is 0 Å². The molecule has 0 heterocycles. The van der Waals surface area contributed by atoms with E-state index >= 15 is 0 Å². The second-order valence-corrected chi connectivity index (χ2v) is 3.97. The molecule has 110 valence electrons. The van der Waals surface area contributed by atoms with Crippen LogP contribution in [0.4, 0.5) is 4.39 Å². The summed E-state index contributed by atoms with van der Waals surface area (Å²) in [5.74, 6) is -1.78. The topological polar surface area (TPSA) is 84.9 Å². The molecule has 0 fully saturated rings. The highest BCUT2D eigenvalue weighted by molar-refractivity contribution is 5.83. The molecule has 1 aromatic carbocycles. The Kier molecular flexibility index (Phi) is 6.45. The maximum atomic E-state index is 12.9. The van der Waals surface area contributed by atoms with Gasteiger partial charge in [0.1, 0.15) is 11.6 Å². The predicted octanol–water partition coefficient (Wildman–Crippen LogP) is 0.810. The first-order chi connectivity index (χ1) is 9.52. The molecule has 0 saturated heterocycles. The maximum absolute atomic E-state index is 12.9. The summed E-state index contributed by atoms with van der Waals surface area (Å²) in [6, 6.07) is 4.43. The van der Waals surface area contributed by atoms with E-state index in [1.807, 2.05) is 0 Å². The maximum Gasteiger partial charge on any atom is 0.328 e. The number of carboxylic acid groups (broad SMARTS) is 1. The molecule has 1 amide bonds. The van der Waals surface area contributed by atoms with Gasteiger partial charge < -0.3 is 19.9 Å². The smallest absolute Gasteiger partial charge is 0.328 e. The van der Waals surface area contributed by atoms with Crippen molar-refractivity contribution < 1.29 is 28.6 Å². The van der Waals surface area contributed by atoms with E-state index < -0.39 is 23.7 Å². The van der Waals surface area contributed by atoms with E-state index in [9.17, 15) is 14.0 Å². The van der Waals surface area contributed by atoms with Crippen LogP contribution in [-0.2, 0) is 14.3 Å². The SMILES string of the molecule is COCC(NC(=O)CCOc1cccc(F)c1)C(=O)O. The zero-order valence-electron chi connectivity index (χ0n) is 11.0. The van der Waals surface area contributed by atoms with Crippen molar-refractivity contribution in [3.05, 3.63) is 30.1 Å². The standard InChI is InChI=1S/C13H16FNO5/c1-19-8-11(13(17)18)15-12(16)5-6-20-10-4-2-3-9(14)7-10/h2-4,7,11H,5-6,8H2,1H3,(H,15,16)(H,17,18). The summed E-state index contributed by atoms with van der Waals surface area (Å²) in [5.41, 5.74) is 0. The Balaban J connectivity index is 2.34. The highest BCUT2D eigenvalue weighted by Gasteiger charge is 2.19. The lowest BCUT2D eigenvalue weighted by Gasteiger charge is -2.13. The van der Waals surface area contributed by atoms with E-state index in [1.54, 1.807) is 6.07 Å². The van der Waals surface area contributed by atoms with Gasteiger partial charge in [0, 0.05) is 13.2 Å². The van der Waals surface area contributed by atoms with E-state index in [0.29, 0.717) is 5.75 Å². The van der Waals surface area contributed by atoms with Crippen LogP contribution in [0.15, 0.2) is 24.3 Å². The first-order valence-corrected chi connectivity index (χ1v) is 5.92. The number of benzene rings is 1. The summed E-state index contributed by atoms with van der Waals surface area (Å²) in [5, 5.41) is 11.1. The molecule has 0 bridgehead atoms. The number of halogens is 1. The highest BCUT2D eigenvalue weighted by atomic mass is 19.1. The number of carbonyl (C=O) groups is 2. The second-order valence-electron chi connectivity index (χ2n) is 3.97. The van der Waals surface area contributed by atoms with Gasteiger partial charge in [-0.2, -0.15) is 0 Å². The molecule has 0 saturated carbocycles. The van der Waals surface area contributed by atoms with E-state index in [1.165, 1.54) is 25.3 Å². The monoisotopic (exact) mass is 285 g/mol. The van der Waals surface area contributed by atoms with Gasteiger partial charge in [-0.05, 0) is 12.1 Å². The Labute approximate surface area is 115 Å². The molecule has 1 unspecified atom stereocenters. The van der Waals surface area contributed by atoms with Crippen molar-refractivity contribution in [1.29, 1.82) is 0 Å². The summed E-state index contributed by atoms with van der Waals surface area (Å²) in [4.78, 5) is 22.3. The molecule has 2 N–H and O–H groups in total. The van der Waals surface area contributed by atoms with Gasteiger partial charge in [-0.15, -0.1) is 0 Å². The summed E-state index contributed by atoms with van der Waals surface area (Å²) in [6.07, 6.45) is -0.0377. The lowest BCUT2D eigenvalue weighted by Crippen LogP contribution is -2.44. The molecule has 1 atom stereocenters. The molecular formula is C13H16FNO5. The Morgan fingerprint density at radius 2 is 2.20 bits per heavy atom. The molecule has 0 aliphatic heterocycles. The first-order valence-electron chi connectivity index (χ1n) is 5.92. The van der Waals surface area contributed by atoms with Crippen LogP contribution in [0.25, 0.3) is 0 Å². The minimum absolute atomic E-state index is 0.0224. The van der Waals surface area contributed by atoms with Gasteiger partial charge in [0.25, 0.3) is 0 Å². The van der Waals surface area contributed by atoms with Gasteiger partial charge >= 0.3 is 5.97 Å². The number of aliphatic carboxylic acids is 1.